The molecule has 3 heteroatoms. The van der Waals surface area contributed by atoms with Gasteiger partial charge < -0.3 is 15.0 Å². The highest BCUT2D eigenvalue weighted by molar-refractivity contribution is 5.60. The first-order valence-electron chi connectivity index (χ1n) is 7.21. The number of benzene rings is 1. The van der Waals surface area contributed by atoms with Crippen molar-refractivity contribution in [1.82, 2.24) is 5.32 Å². The van der Waals surface area contributed by atoms with Gasteiger partial charge in [0.2, 0.25) is 0 Å². The summed E-state index contributed by atoms with van der Waals surface area (Å²) in [7, 11) is 3.92. The maximum absolute atomic E-state index is 5.51. The van der Waals surface area contributed by atoms with Crippen LogP contribution in [0.1, 0.15) is 31.7 Å². The van der Waals surface area contributed by atoms with Gasteiger partial charge in [0, 0.05) is 13.6 Å². The SMILES string of the molecule is COc1ccc(C(C)C)cc1N(C)CC1CCNC1. The van der Waals surface area contributed by atoms with E-state index in [2.05, 4.69) is 49.3 Å². The summed E-state index contributed by atoms with van der Waals surface area (Å²) in [5.41, 5.74) is 2.58. The van der Waals surface area contributed by atoms with Crippen LogP contribution < -0.4 is 15.0 Å². The molecule has 0 aromatic heterocycles. The van der Waals surface area contributed by atoms with Crippen molar-refractivity contribution in [2.45, 2.75) is 26.2 Å². The number of anilines is 1. The van der Waals surface area contributed by atoms with E-state index in [9.17, 15) is 0 Å². The largest absolute Gasteiger partial charge is 0.495 e. The van der Waals surface area contributed by atoms with Crippen molar-refractivity contribution in [1.29, 1.82) is 0 Å². The van der Waals surface area contributed by atoms with E-state index in [1.807, 2.05) is 0 Å². The third-order valence-electron chi connectivity index (χ3n) is 3.98. The van der Waals surface area contributed by atoms with E-state index in [0.717, 1.165) is 31.3 Å². The fourth-order valence-corrected chi connectivity index (χ4v) is 2.72. The maximum Gasteiger partial charge on any atom is 0.142 e. The Balaban J connectivity index is 2.17. The number of ether oxygens (including phenoxy) is 1. The van der Waals surface area contributed by atoms with Crippen molar-refractivity contribution < 1.29 is 4.74 Å². The molecule has 0 amide bonds. The molecule has 3 nitrogen and oxygen atoms in total. The van der Waals surface area contributed by atoms with E-state index in [1.54, 1.807) is 7.11 Å². The van der Waals surface area contributed by atoms with Crippen LogP contribution in [0, 0.1) is 5.92 Å². The van der Waals surface area contributed by atoms with Gasteiger partial charge >= 0.3 is 0 Å². The quantitative estimate of drug-likeness (QED) is 0.883. The minimum Gasteiger partial charge on any atom is -0.495 e. The van der Waals surface area contributed by atoms with E-state index >= 15 is 0 Å². The highest BCUT2D eigenvalue weighted by Crippen LogP contribution is 2.31. The summed E-state index contributed by atoms with van der Waals surface area (Å²) in [5.74, 6) is 2.27. The van der Waals surface area contributed by atoms with Crippen molar-refractivity contribution in [2.75, 3.05) is 38.7 Å². The third kappa shape index (κ3) is 3.41. The van der Waals surface area contributed by atoms with Gasteiger partial charge in [0.1, 0.15) is 5.75 Å². The first-order chi connectivity index (χ1) is 9.11. The van der Waals surface area contributed by atoms with E-state index in [-0.39, 0.29) is 0 Å². The number of hydrogen-bond acceptors (Lipinski definition) is 3. The van der Waals surface area contributed by atoms with Crippen LogP contribution in [0.2, 0.25) is 0 Å². The van der Waals surface area contributed by atoms with E-state index < -0.39 is 0 Å². The molecule has 0 bridgehead atoms. The van der Waals surface area contributed by atoms with Crippen LogP contribution in [0.3, 0.4) is 0 Å². The van der Waals surface area contributed by atoms with Gasteiger partial charge in [0.15, 0.2) is 0 Å². The van der Waals surface area contributed by atoms with Gasteiger partial charge in [-0.3, -0.25) is 0 Å². The van der Waals surface area contributed by atoms with Crippen LogP contribution in [0.5, 0.6) is 5.75 Å². The molecule has 1 aliphatic rings. The molecule has 0 spiro atoms. The zero-order valence-electron chi connectivity index (χ0n) is 12.6. The molecule has 0 saturated carbocycles. The first kappa shape index (κ1) is 14.2. The Hall–Kier alpha value is -1.22. The Morgan fingerprint density at radius 1 is 1.42 bits per heavy atom. The van der Waals surface area contributed by atoms with Gasteiger partial charge in [-0.25, -0.2) is 0 Å². The maximum atomic E-state index is 5.51. The van der Waals surface area contributed by atoms with Crippen LogP contribution in [-0.2, 0) is 0 Å². The van der Waals surface area contributed by atoms with Crippen molar-refractivity contribution >= 4 is 5.69 Å². The molecule has 1 N–H and O–H groups in total. The molecule has 2 rings (SSSR count). The molecule has 1 fully saturated rings. The molecule has 1 aliphatic heterocycles. The lowest BCUT2D eigenvalue weighted by molar-refractivity contribution is 0.413. The summed E-state index contributed by atoms with van der Waals surface area (Å²) in [5, 5.41) is 3.43. The Bertz CT molecular complexity index is 411. The van der Waals surface area contributed by atoms with E-state index in [1.165, 1.54) is 17.7 Å². The average molecular weight is 262 g/mol. The minimum absolute atomic E-state index is 0.547. The van der Waals surface area contributed by atoms with Gasteiger partial charge in [-0.2, -0.15) is 0 Å². The minimum atomic E-state index is 0.547. The molecule has 1 atom stereocenters. The number of methoxy groups -OCH3 is 1. The molecule has 1 heterocycles. The predicted octanol–water partition coefficient (Wildman–Crippen LogP) is 2.86. The van der Waals surface area contributed by atoms with Crippen molar-refractivity contribution in [3.8, 4) is 5.75 Å². The van der Waals surface area contributed by atoms with Gasteiger partial charge in [0.25, 0.3) is 0 Å². The first-order valence-corrected chi connectivity index (χ1v) is 7.21. The summed E-state index contributed by atoms with van der Waals surface area (Å²) < 4.78 is 5.51. The highest BCUT2D eigenvalue weighted by atomic mass is 16.5. The zero-order chi connectivity index (χ0) is 13.8. The second kappa shape index (κ2) is 6.29. The number of hydrogen-bond donors (Lipinski definition) is 1. The average Bonchev–Trinajstić information content (AvgIpc) is 2.90. The summed E-state index contributed by atoms with van der Waals surface area (Å²) in [6, 6.07) is 6.53. The molecule has 19 heavy (non-hydrogen) atoms. The summed E-state index contributed by atoms with van der Waals surface area (Å²) in [6.45, 7) is 7.84. The molecular weight excluding hydrogens is 236 g/mol. The fourth-order valence-electron chi connectivity index (χ4n) is 2.72. The summed E-state index contributed by atoms with van der Waals surface area (Å²) in [4.78, 5) is 2.34. The second-order valence-electron chi connectivity index (χ2n) is 5.83. The van der Waals surface area contributed by atoms with Crippen molar-refractivity contribution in [3.63, 3.8) is 0 Å². The molecular formula is C16H26N2O. The van der Waals surface area contributed by atoms with Gasteiger partial charge in [-0.1, -0.05) is 19.9 Å². The lowest BCUT2D eigenvalue weighted by Crippen LogP contribution is -2.27. The highest BCUT2D eigenvalue weighted by Gasteiger charge is 2.18. The summed E-state index contributed by atoms with van der Waals surface area (Å²) >= 11 is 0. The molecule has 1 saturated heterocycles. The number of nitrogens with zero attached hydrogens (tertiary/aromatic N) is 1. The second-order valence-corrected chi connectivity index (χ2v) is 5.83. The fraction of sp³-hybridized carbons (Fsp3) is 0.625. The van der Waals surface area contributed by atoms with E-state index in [4.69, 9.17) is 4.74 Å². The third-order valence-corrected chi connectivity index (χ3v) is 3.98. The number of rotatable bonds is 5. The Morgan fingerprint density at radius 3 is 2.79 bits per heavy atom. The Morgan fingerprint density at radius 2 is 2.21 bits per heavy atom. The molecule has 1 aromatic rings. The molecule has 1 aromatic carbocycles. The molecule has 0 aliphatic carbocycles. The Kier molecular flexibility index (Phi) is 4.70. The summed E-state index contributed by atoms with van der Waals surface area (Å²) in [6.07, 6.45) is 1.27. The normalized spacial score (nSPS) is 18.9. The molecule has 0 radical (unpaired) electrons. The van der Waals surface area contributed by atoms with Gasteiger partial charge in [-0.05, 0) is 49.0 Å². The van der Waals surface area contributed by atoms with Crippen LogP contribution in [-0.4, -0.2) is 33.8 Å². The number of nitrogens with one attached hydrogen (secondary N) is 1. The molecule has 1 unspecified atom stereocenters. The topological polar surface area (TPSA) is 24.5 Å². The lowest BCUT2D eigenvalue weighted by atomic mass is 10.0. The lowest BCUT2D eigenvalue weighted by Gasteiger charge is -2.25. The van der Waals surface area contributed by atoms with Gasteiger partial charge in [0.05, 0.1) is 12.8 Å². The predicted molar refractivity (Wildman–Crippen MR) is 81.3 cm³/mol. The zero-order valence-corrected chi connectivity index (χ0v) is 12.6. The smallest absolute Gasteiger partial charge is 0.142 e. The van der Waals surface area contributed by atoms with Gasteiger partial charge in [-0.15, -0.1) is 0 Å². The van der Waals surface area contributed by atoms with Crippen LogP contribution >= 0.6 is 0 Å². The van der Waals surface area contributed by atoms with Crippen molar-refractivity contribution in [2.24, 2.45) is 5.92 Å². The van der Waals surface area contributed by atoms with Crippen LogP contribution in [0.4, 0.5) is 5.69 Å². The van der Waals surface area contributed by atoms with Crippen molar-refractivity contribution in [3.05, 3.63) is 23.8 Å². The monoisotopic (exact) mass is 262 g/mol. The standard InChI is InChI=1S/C16H26N2O/c1-12(2)14-5-6-16(19-4)15(9-14)18(3)11-13-7-8-17-10-13/h5-6,9,12-13,17H,7-8,10-11H2,1-4H3. The van der Waals surface area contributed by atoms with Crippen LogP contribution in [0.15, 0.2) is 18.2 Å². The molecule has 106 valence electrons. The Labute approximate surface area is 116 Å². The van der Waals surface area contributed by atoms with Crippen LogP contribution in [0.25, 0.3) is 0 Å². The van der Waals surface area contributed by atoms with E-state index in [0.29, 0.717) is 5.92 Å².